The van der Waals surface area contributed by atoms with Crippen molar-refractivity contribution in [1.82, 2.24) is 5.32 Å². The highest BCUT2D eigenvalue weighted by molar-refractivity contribution is 9.10. The van der Waals surface area contributed by atoms with Crippen molar-refractivity contribution in [1.29, 1.82) is 0 Å². The molecular weight excluding hydrogens is 345 g/mol. The molecule has 0 amide bonds. The van der Waals surface area contributed by atoms with Crippen LogP contribution in [0, 0.1) is 5.92 Å². The molecule has 0 saturated carbocycles. The van der Waals surface area contributed by atoms with Crippen LogP contribution in [-0.2, 0) is 11.3 Å². The maximum Gasteiger partial charge on any atom is 0.0898 e. The van der Waals surface area contributed by atoms with E-state index in [-0.39, 0.29) is 18.7 Å². The van der Waals surface area contributed by atoms with E-state index >= 15 is 0 Å². The van der Waals surface area contributed by atoms with Crippen LogP contribution >= 0.6 is 15.9 Å². The van der Waals surface area contributed by atoms with Gasteiger partial charge in [-0.05, 0) is 51.7 Å². The van der Waals surface area contributed by atoms with Gasteiger partial charge in [0.05, 0.1) is 19.4 Å². The lowest BCUT2D eigenvalue weighted by atomic mass is 9.93. The summed E-state index contributed by atoms with van der Waals surface area (Å²) in [6.07, 6.45) is 1.68. The largest absolute Gasteiger partial charge is 0.373 e. The van der Waals surface area contributed by atoms with Gasteiger partial charge in [0.25, 0.3) is 0 Å². The molecule has 0 radical (unpaired) electrons. The minimum Gasteiger partial charge on any atom is -0.373 e. The zero-order valence-electron chi connectivity index (χ0n) is 12.5. The number of halogens is 2. The maximum absolute atomic E-state index is 12.7. The molecule has 0 bridgehead atoms. The average molecular weight is 366 g/mol. The van der Waals surface area contributed by atoms with Crippen LogP contribution in [0.3, 0.4) is 0 Å². The number of hydrogen-bond acceptors (Lipinski definition) is 2. The van der Waals surface area contributed by atoms with Crippen molar-refractivity contribution < 1.29 is 9.13 Å². The molecule has 2 aromatic carbocycles. The molecule has 0 aromatic heterocycles. The Balaban J connectivity index is 1.71. The van der Waals surface area contributed by atoms with Gasteiger partial charge in [0.2, 0.25) is 0 Å². The van der Waals surface area contributed by atoms with E-state index in [2.05, 4.69) is 45.5 Å². The van der Waals surface area contributed by atoms with Gasteiger partial charge >= 0.3 is 0 Å². The van der Waals surface area contributed by atoms with Crippen LogP contribution in [-0.4, -0.2) is 25.9 Å². The monoisotopic (exact) mass is 365 g/mol. The number of hydrogen-bond donors (Lipinski definition) is 1. The summed E-state index contributed by atoms with van der Waals surface area (Å²) in [6, 6.07) is 12.5. The van der Waals surface area contributed by atoms with Gasteiger partial charge in [0.1, 0.15) is 0 Å². The lowest BCUT2D eigenvalue weighted by Crippen LogP contribution is -2.41. The second-order valence-corrected chi connectivity index (χ2v) is 6.63. The normalized spacial score (nSPS) is 22.1. The molecule has 4 heteroatoms. The third-order valence-corrected chi connectivity index (χ3v) is 5.35. The highest BCUT2D eigenvalue weighted by Crippen LogP contribution is 2.29. The molecule has 2 nitrogen and oxygen atoms in total. The molecule has 1 saturated heterocycles. The van der Waals surface area contributed by atoms with Crippen molar-refractivity contribution >= 4 is 26.7 Å². The predicted molar refractivity (Wildman–Crippen MR) is 91.8 cm³/mol. The highest BCUT2D eigenvalue weighted by atomic mass is 79.9. The van der Waals surface area contributed by atoms with Gasteiger partial charge in [-0.1, -0.05) is 36.4 Å². The van der Waals surface area contributed by atoms with Crippen molar-refractivity contribution in [2.45, 2.75) is 25.6 Å². The summed E-state index contributed by atoms with van der Waals surface area (Å²) in [5.41, 5.74) is 1.15. The Bertz CT molecular complexity index is 632. The van der Waals surface area contributed by atoms with E-state index in [1.807, 2.05) is 12.1 Å². The molecule has 0 aliphatic carbocycles. The fourth-order valence-electron chi connectivity index (χ4n) is 3.13. The van der Waals surface area contributed by atoms with Crippen LogP contribution in [0.25, 0.3) is 10.8 Å². The third-order valence-electron chi connectivity index (χ3n) is 4.41. The number of benzene rings is 2. The zero-order chi connectivity index (χ0) is 15.4. The van der Waals surface area contributed by atoms with Gasteiger partial charge < -0.3 is 10.1 Å². The summed E-state index contributed by atoms with van der Waals surface area (Å²) in [4.78, 5) is 0. The second-order valence-electron chi connectivity index (χ2n) is 5.84. The highest BCUT2D eigenvalue weighted by Gasteiger charge is 2.25. The third kappa shape index (κ3) is 3.50. The Hall–Kier alpha value is -0.970. The molecule has 2 aromatic rings. The fraction of sp³-hybridized carbons (Fsp3) is 0.444. The molecule has 22 heavy (non-hydrogen) atoms. The first kappa shape index (κ1) is 15.9. The molecule has 0 spiro atoms. The van der Waals surface area contributed by atoms with E-state index < -0.39 is 0 Å². The van der Waals surface area contributed by atoms with Crippen LogP contribution in [0.1, 0.15) is 18.4 Å². The smallest absolute Gasteiger partial charge is 0.0898 e. The molecule has 1 heterocycles. The number of rotatable bonds is 5. The van der Waals surface area contributed by atoms with Crippen molar-refractivity contribution in [3.8, 4) is 0 Å². The van der Waals surface area contributed by atoms with Crippen LogP contribution in [0.5, 0.6) is 0 Å². The Morgan fingerprint density at radius 1 is 1.23 bits per heavy atom. The lowest BCUT2D eigenvalue weighted by molar-refractivity contribution is -0.0194. The second kappa shape index (κ2) is 7.53. The van der Waals surface area contributed by atoms with Crippen molar-refractivity contribution in [2.24, 2.45) is 5.92 Å². The quantitative estimate of drug-likeness (QED) is 0.844. The minimum atomic E-state index is -0.272. The first-order valence-corrected chi connectivity index (χ1v) is 8.63. The number of alkyl halides is 1. The first-order chi connectivity index (χ1) is 10.8. The molecule has 1 aliphatic rings. The van der Waals surface area contributed by atoms with Crippen molar-refractivity contribution in [3.05, 3.63) is 46.4 Å². The number of nitrogens with one attached hydrogen (secondary N) is 1. The summed E-state index contributed by atoms with van der Waals surface area (Å²) in [6.45, 7) is 2.10. The van der Waals surface area contributed by atoms with E-state index in [4.69, 9.17) is 4.74 Å². The van der Waals surface area contributed by atoms with E-state index in [0.29, 0.717) is 13.0 Å². The molecule has 3 rings (SSSR count). The molecule has 2 atom stereocenters. The van der Waals surface area contributed by atoms with Gasteiger partial charge in [0, 0.05) is 16.9 Å². The zero-order valence-corrected chi connectivity index (χ0v) is 14.1. The van der Waals surface area contributed by atoms with Crippen LogP contribution in [0.4, 0.5) is 4.39 Å². The summed E-state index contributed by atoms with van der Waals surface area (Å²) >= 11 is 3.70. The molecule has 1 fully saturated rings. The Morgan fingerprint density at radius 3 is 2.95 bits per heavy atom. The average Bonchev–Trinajstić information content (AvgIpc) is 2.56. The van der Waals surface area contributed by atoms with E-state index in [1.165, 1.54) is 10.8 Å². The number of fused-ring (bicyclic) bond motifs is 1. The predicted octanol–water partition coefficient (Wildman–Crippen LogP) is 4.46. The molecule has 118 valence electrons. The SMILES string of the molecule is FCCC1CNCCC1OCc1ccc2ccccc2c1Br. The van der Waals surface area contributed by atoms with Gasteiger partial charge in [-0.15, -0.1) is 0 Å². The summed E-state index contributed by atoms with van der Waals surface area (Å²) in [7, 11) is 0. The van der Waals surface area contributed by atoms with Crippen LogP contribution in [0.15, 0.2) is 40.9 Å². The molecule has 1 aliphatic heterocycles. The fourth-order valence-corrected chi connectivity index (χ4v) is 3.74. The molecular formula is C18H21BrFNO. The summed E-state index contributed by atoms with van der Waals surface area (Å²) in [5, 5.41) is 5.75. The molecule has 1 N–H and O–H groups in total. The minimum absolute atomic E-state index is 0.148. The summed E-state index contributed by atoms with van der Waals surface area (Å²) < 4.78 is 19.9. The summed E-state index contributed by atoms with van der Waals surface area (Å²) in [5.74, 6) is 0.276. The van der Waals surface area contributed by atoms with E-state index in [1.54, 1.807) is 0 Å². The van der Waals surface area contributed by atoms with Gasteiger partial charge in [-0.3, -0.25) is 4.39 Å². The Morgan fingerprint density at radius 2 is 2.09 bits per heavy atom. The van der Waals surface area contributed by atoms with Gasteiger partial charge in [-0.2, -0.15) is 0 Å². The first-order valence-electron chi connectivity index (χ1n) is 7.84. The topological polar surface area (TPSA) is 21.3 Å². The van der Waals surface area contributed by atoms with Gasteiger partial charge in [0.15, 0.2) is 0 Å². The Kier molecular flexibility index (Phi) is 5.45. The lowest BCUT2D eigenvalue weighted by Gasteiger charge is -2.31. The van der Waals surface area contributed by atoms with E-state index in [9.17, 15) is 4.39 Å². The number of piperidine rings is 1. The Labute approximate surface area is 139 Å². The standard InChI is InChI=1S/C18H21BrFNO/c19-18-15(6-5-13-3-1-2-4-16(13)18)12-22-17-8-10-21-11-14(17)7-9-20/h1-6,14,17,21H,7-12H2. The van der Waals surface area contributed by atoms with E-state index in [0.717, 1.165) is 29.5 Å². The van der Waals surface area contributed by atoms with Crippen LogP contribution in [0.2, 0.25) is 0 Å². The molecule has 2 unspecified atom stereocenters. The van der Waals surface area contributed by atoms with Crippen molar-refractivity contribution in [3.63, 3.8) is 0 Å². The number of ether oxygens (including phenoxy) is 1. The van der Waals surface area contributed by atoms with Crippen LogP contribution < -0.4 is 5.32 Å². The van der Waals surface area contributed by atoms with Gasteiger partial charge in [-0.25, -0.2) is 0 Å². The van der Waals surface area contributed by atoms with Crippen molar-refractivity contribution in [2.75, 3.05) is 19.8 Å². The maximum atomic E-state index is 12.7.